The van der Waals surface area contributed by atoms with Gasteiger partial charge in [-0.3, -0.25) is 14.2 Å². The van der Waals surface area contributed by atoms with Crippen LogP contribution in [0.3, 0.4) is 0 Å². The Morgan fingerprint density at radius 2 is 1.90 bits per heavy atom. The predicted octanol–water partition coefficient (Wildman–Crippen LogP) is 4.15. The largest absolute Gasteiger partial charge is 0.331 e. The molecule has 1 saturated heterocycles. The van der Waals surface area contributed by atoms with Gasteiger partial charge in [-0.25, -0.2) is 4.98 Å². The summed E-state index contributed by atoms with van der Waals surface area (Å²) in [6.45, 7) is 2.66. The van der Waals surface area contributed by atoms with Crippen molar-refractivity contribution < 1.29 is 9.59 Å². The van der Waals surface area contributed by atoms with Gasteiger partial charge in [0, 0.05) is 24.3 Å². The van der Waals surface area contributed by atoms with Crippen LogP contribution in [0.15, 0.2) is 54.9 Å². The minimum absolute atomic E-state index is 0.0784. The van der Waals surface area contributed by atoms with Crippen molar-refractivity contribution >= 4 is 28.5 Å². The molecule has 3 aromatic rings. The van der Waals surface area contributed by atoms with E-state index < -0.39 is 0 Å². The second kappa shape index (κ2) is 8.47. The fraction of sp³-hybridized carbons (Fsp3) is 0.348. The van der Waals surface area contributed by atoms with E-state index in [1.807, 2.05) is 60.0 Å². The molecule has 0 radical (unpaired) electrons. The topological polar surface area (TPSA) is 67.2 Å². The lowest BCUT2D eigenvalue weighted by atomic mass is 10.0. The zero-order chi connectivity index (χ0) is 20.2. The number of imidazole rings is 1. The predicted molar refractivity (Wildman–Crippen MR) is 114 cm³/mol. The van der Waals surface area contributed by atoms with Crippen molar-refractivity contribution in [2.75, 3.05) is 11.9 Å². The van der Waals surface area contributed by atoms with Crippen molar-refractivity contribution in [3.05, 3.63) is 54.9 Å². The Labute approximate surface area is 170 Å². The number of fused-ring (bicyclic) bond motifs is 1. The van der Waals surface area contributed by atoms with Crippen LogP contribution in [-0.2, 0) is 9.59 Å². The van der Waals surface area contributed by atoms with Crippen LogP contribution in [0.5, 0.6) is 0 Å². The van der Waals surface area contributed by atoms with Gasteiger partial charge in [-0.1, -0.05) is 19.1 Å². The Morgan fingerprint density at radius 1 is 1.10 bits per heavy atom. The normalized spacial score (nSPS) is 16.7. The molecule has 0 bridgehead atoms. The van der Waals surface area contributed by atoms with Gasteiger partial charge in [0.05, 0.1) is 11.0 Å². The summed E-state index contributed by atoms with van der Waals surface area (Å²) >= 11 is 0. The Bertz CT molecular complexity index is 1010. The average molecular weight is 390 g/mol. The van der Waals surface area contributed by atoms with E-state index in [0.29, 0.717) is 13.0 Å². The lowest BCUT2D eigenvalue weighted by Gasteiger charge is -2.34. The molecule has 1 N–H and O–H groups in total. The second-order valence-corrected chi connectivity index (χ2v) is 7.49. The van der Waals surface area contributed by atoms with Crippen LogP contribution < -0.4 is 5.32 Å². The third-order valence-corrected chi connectivity index (χ3v) is 5.46. The molecule has 150 valence electrons. The number of hydrogen-bond acceptors (Lipinski definition) is 3. The van der Waals surface area contributed by atoms with E-state index >= 15 is 0 Å². The number of carbonyl (C=O) groups is 2. The SMILES string of the molecule is CCCC(=O)N1CCCCC1C(=O)Nc1ccc(-n2cnc3ccccc32)cc1. The average Bonchev–Trinajstić information content (AvgIpc) is 3.19. The maximum absolute atomic E-state index is 12.9. The highest BCUT2D eigenvalue weighted by Crippen LogP contribution is 2.22. The number of hydrogen-bond donors (Lipinski definition) is 1. The third kappa shape index (κ3) is 4.01. The van der Waals surface area contributed by atoms with Crippen LogP contribution in [0, 0.1) is 0 Å². The molecule has 29 heavy (non-hydrogen) atoms. The molecular weight excluding hydrogens is 364 g/mol. The van der Waals surface area contributed by atoms with E-state index in [4.69, 9.17) is 0 Å². The van der Waals surface area contributed by atoms with Gasteiger partial charge in [-0.2, -0.15) is 0 Å². The quantitative estimate of drug-likeness (QED) is 0.712. The summed E-state index contributed by atoms with van der Waals surface area (Å²) in [5.74, 6) is -0.0235. The first kappa shape index (κ1) is 19.2. The summed E-state index contributed by atoms with van der Waals surface area (Å²) in [4.78, 5) is 31.4. The van der Waals surface area contributed by atoms with Crippen LogP contribution in [0.4, 0.5) is 5.69 Å². The lowest BCUT2D eigenvalue weighted by Crippen LogP contribution is -2.49. The summed E-state index contributed by atoms with van der Waals surface area (Å²) in [5.41, 5.74) is 3.70. The molecule has 0 saturated carbocycles. The van der Waals surface area contributed by atoms with Crippen molar-refractivity contribution in [2.24, 2.45) is 0 Å². The number of anilines is 1. The van der Waals surface area contributed by atoms with Gasteiger partial charge >= 0.3 is 0 Å². The molecule has 1 aromatic heterocycles. The third-order valence-electron chi connectivity index (χ3n) is 5.46. The zero-order valence-electron chi connectivity index (χ0n) is 16.7. The van der Waals surface area contributed by atoms with E-state index in [-0.39, 0.29) is 17.9 Å². The standard InChI is InChI=1S/C23H26N4O2/c1-2-7-22(28)26-15-6-5-10-21(26)23(29)25-17-11-13-18(14-12-17)27-16-24-19-8-3-4-9-20(19)27/h3-4,8-9,11-14,16,21H,2,5-7,10,15H2,1H3,(H,25,29). The van der Waals surface area contributed by atoms with Crippen molar-refractivity contribution in [1.82, 2.24) is 14.5 Å². The van der Waals surface area contributed by atoms with Gasteiger partial charge in [-0.15, -0.1) is 0 Å². The van der Waals surface area contributed by atoms with Crippen molar-refractivity contribution in [2.45, 2.75) is 45.1 Å². The molecule has 1 fully saturated rings. The molecule has 1 atom stereocenters. The van der Waals surface area contributed by atoms with Crippen LogP contribution in [0.25, 0.3) is 16.7 Å². The maximum Gasteiger partial charge on any atom is 0.247 e. The fourth-order valence-electron chi connectivity index (χ4n) is 3.96. The molecule has 2 amide bonds. The monoisotopic (exact) mass is 390 g/mol. The molecule has 4 rings (SSSR count). The van der Waals surface area contributed by atoms with Crippen molar-refractivity contribution in [1.29, 1.82) is 0 Å². The van der Waals surface area contributed by atoms with Crippen LogP contribution in [0.2, 0.25) is 0 Å². The lowest BCUT2D eigenvalue weighted by molar-refractivity contribution is -0.140. The number of piperidine rings is 1. The number of nitrogens with one attached hydrogen (secondary N) is 1. The van der Waals surface area contributed by atoms with Crippen LogP contribution in [0.1, 0.15) is 39.0 Å². The molecular formula is C23H26N4O2. The first-order valence-electron chi connectivity index (χ1n) is 10.3. The highest BCUT2D eigenvalue weighted by atomic mass is 16.2. The minimum atomic E-state index is -0.375. The summed E-state index contributed by atoms with van der Waals surface area (Å²) in [5, 5.41) is 2.99. The van der Waals surface area contributed by atoms with E-state index in [0.717, 1.165) is 48.1 Å². The second-order valence-electron chi connectivity index (χ2n) is 7.49. The van der Waals surface area contributed by atoms with Gasteiger partial charge in [0.1, 0.15) is 12.4 Å². The Hall–Kier alpha value is -3.15. The number of nitrogens with zero attached hydrogens (tertiary/aromatic N) is 3. The summed E-state index contributed by atoms with van der Waals surface area (Å²) in [6.07, 6.45) is 5.76. The Kier molecular flexibility index (Phi) is 5.60. The Morgan fingerprint density at radius 3 is 2.69 bits per heavy atom. The van der Waals surface area contributed by atoms with Crippen LogP contribution in [-0.4, -0.2) is 38.9 Å². The zero-order valence-corrected chi connectivity index (χ0v) is 16.7. The first-order chi connectivity index (χ1) is 14.2. The summed E-state index contributed by atoms with van der Waals surface area (Å²) in [6, 6.07) is 15.3. The van der Waals surface area contributed by atoms with Crippen molar-refractivity contribution in [3.8, 4) is 5.69 Å². The molecule has 0 spiro atoms. The molecule has 1 aliphatic rings. The first-order valence-corrected chi connectivity index (χ1v) is 10.3. The number of likely N-dealkylation sites (tertiary alicyclic amines) is 1. The number of para-hydroxylation sites is 2. The number of aromatic nitrogens is 2. The van der Waals surface area contributed by atoms with E-state index in [1.54, 1.807) is 11.2 Å². The minimum Gasteiger partial charge on any atom is -0.331 e. The molecule has 1 aliphatic heterocycles. The number of benzene rings is 2. The number of rotatable bonds is 5. The fourth-order valence-corrected chi connectivity index (χ4v) is 3.96. The van der Waals surface area contributed by atoms with Gasteiger partial charge < -0.3 is 10.2 Å². The van der Waals surface area contributed by atoms with E-state index in [1.165, 1.54) is 0 Å². The van der Waals surface area contributed by atoms with Gasteiger partial charge in [0.25, 0.3) is 0 Å². The number of amides is 2. The molecule has 2 aromatic carbocycles. The highest BCUT2D eigenvalue weighted by molar-refractivity contribution is 5.97. The molecule has 1 unspecified atom stereocenters. The van der Waals surface area contributed by atoms with Gasteiger partial charge in [0.15, 0.2) is 0 Å². The Balaban J connectivity index is 1.48. The molecule has 6 heteroatoms. The molecule has 2 heterocycles. The van der Waals surface area contributed by atoms with E-state index in [2.05, 4.69) is 10.3 Å². The highest BCUT2D eigenvalue weighted by Gasteiger charge is 2.31. The molecule has 0 aliphatic carbocycles. The summed E-state index contributed by atoms with van der Waals surface area (Å²) < 4.78 is 2.02. The van der Waals surface area contributed by atoms with Gasteiger partial charge in [-0.05, 0) is 62.1 Å². The maximum atomic E-state index is 12.9. The smallest absolute Gasteiger partial charge is 0.247 e. The van der Waals surface area contributed by atoms with E-state index in [9.17, 15) is 9.59 Å². The summed E-state index contributed by atoms with van der Waals surface area (Å²) in [7, 11) is 0. The number of carbonyl (C=O) groups excluding carboxylic acids is 2. The van der Waals surface area contributed by atoms with Crippen LogP contribution >= 0.6 is 0 Å². The van der Waals surface area contributed by atoms with Gasteiger partial charge in [0.2, 0.25) is 11.8 Å². The molecule has 6 nitrogen and oxygen atoms in total. The van der Waals surface area contributed by atoms with Crippen molar-refractivity contribution in [3.63, 3.8) is 0 Å².